The number of pyridine rings is 1. The number of hydrogen-bond acceptors (Lipinski definition) is 5. The topological polar surface area (TPSA) is 63.9 Å². The molecule has 2 heterocycles. The number of aryl methyl sites for hydroxylation is 3. The van der Waals surface area contributed by atoms with Gasteiger partial charge in [0.05, 0.1) is 6.04 Å². The van der Waals surface area contributed by atoms with Gasteiger partial charge in [0, 0.05) is 38.3 Å². The Morgan fingerprint density at radius 1 is 0.930 bits per heavy atom. The summed E-state index contributed by atoms with van der Waals surface area (Å²) in [4.78, 5) is 9.74. The van der Waals surface area contributed by atoms with Gasteiger partial charge in [0.1, 0.15) is 23.3 Å². The van der Waals surface area contributed by atoms with Crippen LogP contribution in [0, 0.1) is 26.8 Å². The van der Waals surface area contributed by atoms with Crippen LogP contribution in [0.25, 0.3) is 22.0 Å². The van der Waals surface area contributed by atoms with Crippen LogP contribution < -0.4 is 4.74 Å². The molecular formula is C37H33N2O3Pt-. The van der Waals surface area contributed by atoms with Crippen LogP contribution in [0.2, 0.25) is 0 Å². The van der Waals surface area contributed by atoms with Crippen molar-refractivity contribution in [3.05, 3.63) is 118 Å². The second-order valence-electron chi connectivity index (χ2n) is 12.2. The quantitative estimate of drug-likeness (QED) is 0.187. The van der Waals surface area contributed by atoms with Gasteiger partial charge in [-0.05, 0) is 84.2 Å². The number of rotatable bonds is 4. The molecule has 0 spiro atoms. The van der Waals surface area contributed by atoms with Gasteiger partial charge in [0.25, 0.3) is 0 Å². The van der Waals surface area contributed by atoms with E-state index in [0.717, 1.165) is 34.1 Å². The largest absolute Gasteiger partial charge is 0.510 e. The van der Waals surface area contributed by atoms with Crippen molar-refractivity contribution in [2.75, 3.05) is 0 Å². The van der Waals surface area contributed by atoms with Crippen molar-refractivity contribution in [3.8, 4) is 28.5 Å². The van der Waals surface area contributed by atoms with E-state index >= 15 is 0 Å². The van der Waals surface area contributed by atoms with Gasteiger partial charge >= 0.3 is 0 Å². The number of benzene rings is 4. The van der Waals surface area contributed by atoms with Crippen LogP contribution in [0.4, 0.5) is 0 Å². The first-order valence-corrected chi connectivity index (χ1v) is 14.4. The second kappa shape index (κ2) is 11.0. The second-order valence-corrected chi connectivity index (χ2v) is 12.2. The van der Waals surface area contributed by atoms with Crippen LogP contribution in [-0.4, -0.2) is 22.0 Å². The maximum Gasteiger partial charge on any atom is 0.217 e. The molecule has 0 fully saturated rings. The molecule has 1 aliphatic heterocycles. The number of nitrogens with zero attached hydrogens (tertiary/aromatic N) is 2. The molecular weight excluding hydrogens is 715 g/mol. The Balaban J connectivity index is 0.00000329. The Hall–Kier alpha value is -3.95. The Labute approximate surface area is 266 Å². The smallest absolute Gasteiger partial charge is 0.217 e. The van der Waals surface area contributed by atoms with Crippen molar-refractivity contribution in [1.82, 2.24) is 4.98 Å². The van der Waals surface area contributed by atoms with Crippen LogP contribution in [0.5, 0.6) is 17.4 Å². The summed E-state index contributed by atoms with van der Waals surface area (Å²) in [5.41, 5.74) is 9.21. The first-order valence-electron chi connectivity index (χ1n) is 14.4. The molecule has 2 aliphatic rings. The number of aromatic hydroxyl groups is 1. The molecule has 0 amide bonds. The molecule has 1 aromatic heterocycles. The predicted octanol–water partition coefficient (Wildman–Crippen LogP) is 8.69. The summed E-state index contributed by atoms with van der Waals surface area (Å²) in [6.07, 6.45) is 0.779. The minimum Gasteiger partial charge on any atom is -0.510 e. The van der Waals surface area contributed by atoms with Crippen LogP contribution in [0.15, 0.2) is 83.9 Å². The monoisotopic (exact) mass is 748 g/mol. The number of aliphatic imine (C=N–C) groups is 1. The standard InChI is InChI=1S/C37H33N2O3.Pt/c1-21-15-24-13-14-32(39-34(24)31(40)16-21)41-27-18-25(33-22(2)9-8-10-23(33)3)17-26(19-27)36-38-30-20-37(4,5)29-12-7-6-11-28(29)35(30)42-36;/h6-18,30,35,40H,20H2,1-5H3;/q-1;/t30-,35+;/m0./s1. The first kappa shape index (κ1) is 29.1. The number of phenolic OH excluding ortho intramolecular Hbond substituents is 1. The summed E-state index contributed by atoms with van der Waals surface area (Å²) in [5.74, 6) is 1.59. The third-order valence-electron chi connectivity index (χ3n) is 8.54. The molecule has 2 atom stereocenters. The zero-order valence-corrected chi connectivity index (χ0v) is 27.1. The van der Waals surface area contributed by atoms with Crippen LogP contribution in [0.1, 0.15) is 59.8 Å². The fourth-order valence-electron chi connectivity index (χ4n) is 6.64. The van der Waals surface area contributed by atoms with Gasteiger partial charge in [-0.3, -0.25) is 4.99 Å². The number of ether oxygens (including phenoxy) is 2. The van der Waals surface area contributed by atoms with E-state index in [9.17, 15) is 5.11 Å². The molecule has 1 aliphatic carbocycles. The number of phenols is 1. The molecule has 5 nitrogen and oxygen atoms in total. The van der Waals surface area contributed by atoms with E-state index in [1.807, 2.05) is 31.2 Å². The fraction of sp³-hybridized carbons (Fsp3) is 0.243. The summed E-state index contributed by atoms with van der Waals surface area (Å²) in [6, 6.07) is 29.8. The maximum atomic E-state index is 10.5. The first-order chi connectivity index (χ1) is 20.2. The van der Waals surface area contributed by atoms with E-state index in [0.29, 0.717) is 23.0 Å². The summed E-state index contributed by atoms with van der Waals surface area (Å²) in [6.45, 7) is 10.7. The molecule has 7 rings (SSSR count). The predicted molar refractivity (Wildman–Crippen MR) is 167 cm³/mol. The maximum absolute atomic E-state index is 10.5. The van der Waals surface area contributed by atoms with Crippen LogP contribution in [-0.2, 0) is 31.2 Å². The molecule has 43 heavy (non-hydrogen) atoms. The zero-order valence-electron chi connectivity index (χ0n) is 24.8. The number of fused-ring (bicyclic) bond motifs is 4. The summed E-state index contributed by atoms with van der Waals surface area (Å²) in [7, 11) is 0. The molecule has 0 saturated heterocycles. The van der Waals surface area contributed by atoms with Gasteiger partial charge in [-0.25, -0.2) is 4.98 Å². The van der Waals surface area contributed by atoms with Crippen LogP contribution >= 0.6 is 0 Å². The van der Waals surface area contributed by atoms with E-state index in [1.54, 1.807) is 6.07 Å². The van der Waals surface area contributed by atoms with Crippen molar-refractivity contribution >= 4 is 16.8 Å². The SMILES string of the molecule is Cc1cc(O)c2nc(Oc3[c-]c(C4=N[C@H]5CC(C)(C)c6ccccc6[C@H]5O4)cc(-c4c(C)cccc4C)c3)ccc2c1.[Pt]. The minimum absolute atomic E-state index is 0. The Bertz CT molecular complexity index is 1890. The Morgan fingerprint density at radius 3 is 2.49 bits per heavy atom. The normalized spacial score (nSPS) is 18.2. The van der Waals surface area contributed by atoms with Gasteiger partial charge in [0.15, 0.2) is 0 Å². The van der Waals surface area contributed by atoms with Gasteiger partial charge in [0.2, 0.25) is 5.88 Å². The van der Waals surface area contributed by atoms with E-state index in [1.165, 1.54) is 22.3 Å². The fourth-order valence-corrected chi connectivity index (χ4v) is 6.64. The molecule has 4 aromatic carbocycles. The summed E-state index contributed by atoms with van der Waals surface area (Å²) in [5, 5.41) is 11.4. The van der Waals surface area contributed by atoms with Gasteiger partial charge in [-0.15, -0.1) is 6.07 Å². The third kappa shape index (κ3) is 5.25. The van der Waals surface area contributed by atoms with E-state index in [4.69, 9.17) is 14.5 Å². The van der Waals surface area contributed by atoms with Crippen LogP contribution in [0.3, 0.4) is 0 Å². The molecule has 6 heteroatoms. The van der Waals surface area contributed by atoms with E-state index in [-0.39, 0.29) is 44.4 Å². The molecule has 0 radical (unpaired) electrons. The summed E-state index contributed by atoms with van der Waals surface area (Å²) < 4.78 is 13.0. The molecule has 0 saturated carbocycles. The van der Waals surface area contributed by atoms with Gasteiger partial charge < -0.3 is 14.6 Å². The van der Waals surface area contributed by atoms with Crippen molar-refractivity contribution in [1.29, 1.82) is 0 Å². The van der Waals surface area contributed by atoms with Crippen molar-refractivity contribution < 1.29 is 35.6 Å². The van der Waals surface area contributed by atoms with E-state index in [2.05, 4.69) is 87.3 Å². The average Bonchev–Trinajstić information content (AvgIpc) is 3.37. The molecule has 0 bridgehead atoms. The molecule has 220 valence electrons. The van der Waals surface area contributed by atoms with Crippen molar-refractivity contribution in [2.24, 2.45) is 4.99 Å². The summed E-state index contributed by atoms with van der Waals surface area (Å²) >= 11 is 0. The van der Waals surface area contributed by atoms with Gasteiger partial charge in [-0.2, -0.15) is 0 Å². The van der Waals surface area contributed by atoms with Gasteiger partial charge in [-0.1, -0.05) is 79.6 Å². The number of aromatic nitrogens is 1. The molecule has 1 N–H and O–H groups in total. The minimum atomic E-state index is -0.126. The van der Waals surface area contributed by atoms with Crippen molar-refractivity contribution in [2.45, 2.75) is 58.6 Å². The molecule has 0 unspecified atom stereocenters. The zero-order chi connectivity index (χ0) is 29.2. The average molecular weight is 749 g/mol. The Kier molecular flexibility index (Phi) is 7.42. The van der Waals surface area contributed by atoms with Crippen molar-refractivity contribution in [3.63, 3.8) is 0 Å². The van der Waals surface area contributed by atoms with E-state index < -0.39 is 0 Å². The molecule has 5 aromatic rings. The third-order valence-corrected chi connectivity index (χ3v) is 8.54. The number of hydrogen-bond donors (Lipinski definition) is 1. The Morgan fingerprint density at radius 2 is 1.70 bits per heavy atom.